The molecular weight excluding hydrogens is 1690 g/mol. The first kappa shape index (κ1) is 87.8. The smallest absolute Gasteiger partial charge is 0.143 e. The largest absolute Gasteiger partial charge is 0.377 e. The summed E-state index contributed by atoms with van der Waals surface area (Å²) in [5.74, 6) is 5.59. The number of hydrogen-bond acceptors (Lipinski definition) is 21. The third-order valence-corrected chi connectivity index (χ3v) is 27.9. The van der Waals surface area contributed by atoms with Crippen molar-refractivity contribution >= 4 is 167 Å². The number of piperazine rings is 1. The molecule has 18 aromatic rings. The molecule has 0 radical (unpaired) electrons. The van der Waals surface area contributed by atoms with Gasteiger partial charge in [0.2, 0.25) is 0 Å². The first-order valence-corrected chi connectivity index (χ1v) is 46.2. The molecule has 0 amide bonds. The molecule has 0 N–H and O–H groups in total. The molecule has 7 aliphatic rings. The summed E-state index contributed by atoms with van der Waals surface area (Å²) in [5, 5.41) is 13.4. The summed E-state index contributed by atoms with van der Waals surface area (Å²) in [6, 6.07) is 36.6. The number of pyridine rings is 12. The minimum Gasteiger partial charge on any atom is -0.377 e. The zero-order valence-corrected chi connectivity index (χ0v) is 75.8. The summed E-state index contributed by atoms with van der Waals surface area (Å²) >= 11 is 0. The van der Waals surface area contributed by atoms with Gasteiger partial charge in [-0.25, -0.2) is 56.2 Å². The number of aryl methyl sites for hydroxylation is 6. The van der Waals surface area contributed by atoms with Crippen molar-refractivity contribution in [2.75, 3.05) is 161 Å². The Morgan fingerprint density at radius 2 is 0.692 bits per heavy atom. The Hall–Kier alpha value is -13.1. The second-order valence-electron chi connectivity index (χ2n) is 36.0. The van der Waals surface area contributed by atoms with Gasteiger partial charge in [-0.2, -0.15) is 0 Å². The van der Waals surface area contributed by atoms with Crippen LogP contribution in [0.2, 0.25) is 0 Å². The van der Waals surface area contributed by atoms with Crippen LogP contribution in [-0.4, -0.2) is 254 Å². The van der Waals surface area contributed by atoms with E-state index in [0.29, 0.717) is 52.1 Å². The Balaban J connectivity index is 0.0000000993. The van der Waals surface area contributed by atoms with Crippen LogP contribution in [0.3, 0.4) is 0 Å². The maximum Gasteiger partial charge on any atom is 0.143 e. The molecule has 688 valence electrons. The van der Waals surface area contributed by atoms with Crippen molar-refractivity contribution in [3.8, 4) is 0 Å². The van der Waals surface area contributed by atoms with Crippen LogP contribution in [0.4, 0.5) is 61.2 Å². The normalized spacial score (nSPS) is 18.1. The van der Waals surface area contributed by atoms with Crippen molar-refractivity contribution in [2.45, 2.75) is 82.0 Å². The molecule has 1 aliphatic carbocycles. The lowest BCUT2D eigenvalue weighted by molar-refractivity contribution is 0.000462. The van der Waals surface area contributed by atoms with E-state index in [-0.39, 0.29) is 30.8 Å². The van der Waals surface area contributed by atoms with Crippen molar-refractivity contribution in [1.29, 1.82) is 0 Å². The Labute approximate surface area is 764 Å². The van der Waals surface area contributed by atoms with Crippen LogP contribution >= 0.6 is 0 Å². The number of anilines is 6. The summed E-state index contributed by atoms with van der Waals surface area (Å²) in [7, 11) is 12.1. The number of ether oxygens (including phenoxy) is 2. The number of rotatable bonds is 12. The summed E-state index contributed by atoms with van der Waals surface area (Å²) in [4.78, 5) is 69.4. The highest BCUT2D eigenvalue weighted by Crippen LogP contribution is 2.51. The van der Waals surface area contributed by atoms with Crippen LogP contribution in [0.5, 0.6) is 0 Å². The molecule has 1 spiro atoms. The van der Waals surface area contributed by atoms with Crippen LogP contribution < -0.4 is 29.4 Å². The number of halogens is 6. The van der Waals surface area contributed by atoms with Gasteiger partial charge in [-0.05, 0) is 161 Å². The van der Waals surface area contributed by atoms with Gasteiger partial charge in [0.05, 0.1) is 71.6 Å². The molecular formula is C100H109F6N25O2. The number of morpholine rings is 1. The van der Waals surface area contributed by atoms with Gasteiger partial charge in [0.25, 0.3) is 0 Å². The third-order valence-electron chi connectivity index (χ3n) is 27.9. The minimum atomic E-state index is -0.743. The molecule has 2 unspecified atom stereocenters. The van der Waals surface area contributed by atoms with Crippen LogP contribution in [0, 0.1) is 5.41 Å². The van der Waals surface area contributed by atoms with E-state index in [1.807, 2.05) is 169 Å². The van der Waals surface area contributed by atoms with Crippen molar-refractivity contribution in [3.63, 3.8) is 0 Å². The van der Waals surface area contributed by atoms with Crippen molar-refractivity contribution in [2.24, 2.45) is 47.7 Å². The van der Waals surface area contributed by atoms with Gasteiger partial charge in [0.15, 0.2) is 0 Å². The van der Waals surface area contributed by atoms with E-state index in [1.54, 1.807) is 18.6 Å². The van der Waals surface area contributed by atoms with Gasteiger partial charge >= 0.3 is 0 Å². The number of aromatic nitrogens is 18. The predicted octanol–water partition coefficient (Wildman–Crippen LogP) is 16.8. The molecule has 7 fully saturated rings. The fourth-order valence-electron chi connectivity index (χ4n) is 20.6. The zero-order valence-electron chi connectivity index (χ0n) is 75.8. The zero-order chi connectivity index (χ0) is 91.1. The van der Waals surface area contributed by atoms with Crippen LogP contribution in [0.15, 0.2) is 184 Å². The van der Waals surface area contributed by atoms with Gasteiger partial charge in [0, 0.05) is 272 Å². The first-order valence-electron chi connectivity index (χ1n) is 46.2. The lowest BCUT2D eigenvalue weighted by Crippen LogP contribution is -2.63. The standard InChI is InChI=1S/C18H21FN4O.C17H20FN5.C17H17FN4.C16H17FN4O.2C16H17FN4/c1-22-16-4-8-20-12-15(16)14-2-3-17(21-18(14)22)23-9-5-13(6-10-23)24-11-7-19;1-21-15-4-6-19-12-14(15)13-2-3-16(20-17(13)21)23-10-8-22(7-5-18)9-11-23;1-21-14-4-5-19-8-13(14)12-2-3-15(20-16(12)21)22-9-17(10-22)6-11(18)7-17;1-20-14-4-5-18-9-13(14)12-2-3-15(19-16(12)20)21-6-7-22-10-11(21)8-17;1-20-14-4-7-18-10-13(14)12-2-3-15(19-16(12)20)21-8-5-11(17)6-9-21;1-20-14-6-7-18-9-13(14)12-4-5-15(19-16(12)20)21-8-2-3-11(17)10-21/h2-4,8,12-13H,5-7,9-11H2,1H3;2-4,6,12H,5,7-11H2,1H3;2-5,8,11H,6-7,9-10H2,1H3;2-5,9,11H,6-8,10H2,1H3;2-4,7,10-11H,5-6,8-9H2,1H3;4-7,9,11H,2-3,8,10H2,1H3/i19-1;2*18-1;3*17-1. The Morgan fingerprint density at radius 1 is 0.346 bits per heavy atom. The van der Waals surface area contributed by atoms with E-state index >= 15 is 0 Å². The van der Waals surface area contributed by atoms with E-state index < -0.39 is 31.9 Å². The molecule has 27 nitrogen and oxygen atoms in total. The summed E-state index contributed by atoms with van der Waals surface area (Å²) in [6.45, 7) is 11.4. The topological polar surface area (TPSA) is 225 Å². The number of alkyl halides is 6. The summed E-state index contributed by atoms with van der Waals surface area (Å²) < 4.78 is 101. The Kier molecular flexibility index (Phi) is 25.0. The third kappa shape index (κ3) is 17.2. The highest BCUT2D eigenvalue weighted by molar-refractivity contribution is 6.11. The molecule has 0 aromatic carbocycles. The maximum absolute atomic E-state index is 13.6. The number of nitrogens with zero attached hydrogens (tertiary/aromatic N) is 25. The molecule has 18 aromatic heterocycles. The van der Waals surface area contributed by atoms with Gasteiger partial charge in [-0.1, -0.05) is 0 Å². The van der Waals surface area contributed by atoms with E-state index in [1.165, 1.54) is 0 Å². The Bertz CT molecular complexity index is 7220. The molecule has 33 heteroatoms. The second-order valence-corrected chi connectivity index (χ2v) is 36.0. The molecule has 133 heavy (non-hydrogen) atoms. The van der Waals surface area contributed by atoms with Gasteiger partial charge in [-0.15, -0.1) is 0 Å². The molecule has 0 bridgehead atoms. The molecule has 24 heterocycles. The second kappa shape index (κ2) is 37.8. The summed E-state index contributed by atoms with van der Waals surface area (Å²) in [5.41, 5.74) is 12.7. The Morgan fingerprint density at radius 3 is 1.05 bits per heavy atom. The minimum absolute atomic E-state index is 0.171. The fourth-order valence-corrected chi connectivity index (χ4v) is 20.6. The van der Waals surface area contributed by atoms with E-state index in [0.717, 1.165) is 271 Å². The van der Waals surface area contributed by atoms with E-state index in [2.05, 4.69) is 130 Å². The quantitative estimate of drug-likeness (QED) is 0.104. The fraction of sp³-hybridized carbons (Fsp3) is 0.400. The number of hydrogen-bond donors (Lipinski definition) is 0. The highest BCUT2D eigenvalue weighted by atomic mass is 18.2. The highest BCUT2D eigenvalue weighted by Gasteiger charge is 2.53. The average molecular weight is 1800 g/mol. The lowest BCUT2D eigenvalue weighted by Gasteiger charge is -2.57. The molecule has 25 rings (SSSR count). The van der Waals surface area contributed by atoms with Crippen molar-refractivity contribution < 1.29 is 35.8 Å². The van der Waals surface area contributed by atoms with Gasteiger partial charge < -0.3 is 66.3 Å². The maximum atomic E-state index is 13.6. The predicted molar refractivity (Wildman–Crippen MR) is 517 cm³/mol. The molecule has 2 atom stereocenters. The van der Waals surface area contributed by atoms with Crippen LogP contribution in [0.25, 0.3) is 132 Å². The van der Waals surface area contributed by atoms with E-state index in [9.17, 15) is 26.3 Å². The number of piperidine rings is 3. The molecule has 6 saturated heterocycles. The van der Waals surface area contributed by atoms with Crippen LogP contribution in [0.1, 0.15) is 51.4 Å². The molecule has 6 aliphatic heterocycles. The summed E-state index contributed by atoms with van der Waals surface area (Å²) in [6.07, 6.45) is 26.3. The van der Waals surface area contributed by atoms with Crippen molar-refractivity contribution in [3.05, 3.63) is 184 Å². The number of fused-ring (bicyclic) bond motifs is 18. The SMILES string of the molecule is Cn1c2ccncc2c2ccc(N3CC4(CC([18F])C4)C3)nc21.Cn1c2ccncc2c2ccc(N3CCC(OCC[18F])CC3)nc21.Cn1c2ccncc2c2ccc(N3CCC([18F])CC3)nc21.Cn1c2ccncc2c2ccc(N3CCCC([18F])C3)nc21.Cn1c2ccncc2c2ccc(N3CCN(CC[18F])CC3)nc21.Cn1c2ccncc2c2ccc(N3CCOCC3C[18F])nc21. The van der Waals surface area contributed by atoms with E-state index in [4.69, 9.17) is 39.4 Å². The van der Waals surface area contributed by atoms with Crippen LogP contribution in [-0.2, 0) is 51.8 Å². The van der Waals surface area contributed by atoms with Gasteiger partial charge in [0.1, 0.15) is 107 Å². The monoisotopic (exact) mass is 1800 g/mol. The van der Waals surface area contributed by atoms with Gasteiger partial charge in [-0.3, -0.25) is 34.8 Å². The average Bonchev–Trinajstić information content (AvgIpc) is 1.19. The van der Waals surface area contributed by atoms with Crippen molar-refractivity contribution in [1.82, 2.24) is 92.1 Å². The lowest BCUT2D eigenvalue weighted by atomic mass is 9.62. The molecule has 1 saturated carbocycles. The first-order chi connectivity index (χ1) is 65.0.